The molecule has 1 heterocycles. The van der Waals surface area contributed by atoms with Crippen LogP contribution in [0.1, 0.15) is 18.1 Å². The molecule has 2 nitrogen and oxygen atoms in total. The van der Waals surface area contributed by atoms with E-state index in [-0.39, 0.29) is 0 Å². The molecule has 21 heavy (non-hydrogen) atoms. The average molecular weight is 300 g/mol. The molecule has 0 aliphatic carbocycles. The molecule has 1 aromatic heterocycles. The maximum Gasteiger partial charge on any atom is 0.135 e. The van der Waals surface area contributed by atoms with Crippen molar-refractivity contribution in [3.63, 3.8) is 0 Å². The lowest BCUT2D eigenvalue weighted by atomic mass is 10.1. The second-order valence-corrected chi connectivity index (χ2v) is 5.65. The van der Waals surface area contributed by atoms with E-state index in [1.54, 1.807) is 0 Å². The van der Waals surface area contributed by atoms with Crippen molar-refractivity contribution in [2.45, 2.75) is 20.4 Å². The van der Waals surface area contributed by atoms with Gasteiger partial charge in [0.15, 0.2) is 0 Å². The largest absolute Gasteiger partial charge is 0.456 e. The van der Waals surface area contributed by atoms with Gasteiger partial charge < -0.3 is 9.73 Å². The molecular weight excluding hydrogens is 282 g/mol. The molecule has 0 aliphatic heterocycles. The van der Waals surface area contributed by atoms with Gasteiger partial charge in [-0.15, -0.1) is 0 Å². The van der Waals surface area contributed by atoms with Gasteiger partial charge in [-0.3, -0.25) is 0 Å². The van der Waals surface area contributed by atoms with Gasteiger partial charge in [-0.1, -0.05) is 30.2 Å². The van der Waals surface area contributed by atoms with Gasteiger partial charge >= 0.3 is 0 Å². The predicted octanol–water partition coefficient (Wildman–Crippen LogP) is 5.17. The van der Waals surface area contributed by atoms with E-state index < -0.39 is 0 Å². The third-order valence-corrected chi connectivity index (χ3v) is 3.94. The molecule has 0 saturated heterocycles. The monoisotopic (exact) mass is 299 g/mol. The van der Waals surface area contributed by atoms with Crippen LogP contribution in [-0.2, 0) is 6.54 Å². The van der Waals surface area contributed by atoms with Gasteiger partial charge in [-0.25, -0.2) is 0 Å². The first-order chi connectivity index (χ1) is 10.2. The zero-order valence-electron chi connectivity index (χ0n) is 12.2. The van der Waals surface area contributed by atoms with E-state index in [1.165, 1.54) is 5.56 Å². The minimum Gasteiger partial charge on any atom is -0.456 e. The third kappa shape index (κ3) is 2.97. The smallest absolute Gasteiger partial charge is 0.135 e. The summed E-state index contributed by atoms with van der Waals surface area (Å²) in [5.41, 5.74) is 4.30. The molecule has 0 radical (unpaired) electrons. The Bertz CT molecular complexity index is 776. The van der Waals surface area contributed by atoms with Gasteiger partial charge in [-0.2, -0.15) is 0 Å². The average Bonchev–Trinajstić information content (AvgIpc) is 2.89. The number of aryl methyl sites for hydroxylation is 1. The topological polar surface area (TPSA) is 25.2 Å². The second kappa shape index (κ2) is 5.92. The number of hydrogen-bond donors (Lipinski definition) is 1. The van der Waals surface area contributed by atoms with Gasteiger partial charge in [0, 0.05) is 22.5 Å². The van der Waals surface area contributed by atoms with Crippen molar-refractivity contribution in [2.75, 3.05) is 6.54 Å². The summed E-state index contributed by atoms with van der Waals surface area (Å²) in [5, 5.41) is 5.22. The highest BCUT2D eigenvalue weighted by Gasteiger charge is 2.09. The lowest BCUT2D eigenvalue weighted by molar-refractivity contribution is 0.631. The predicted molar refractivity (Wildman–Crippen MR) is 88.8 cm³/mol. The maximum absolute atomic E-state index is 6.25. The Hall–Kier alpha value is -1.77. The fourth-order valence-corrected chi connectivity index (χ4v) is 2.61. The molecule has 108 valence electrons. The summed E-state index contributed by atoms with van der Waals surface area (Å²) in [5.74, 6) is 0.880. The molecular formula is C18H18ClNO. The van der Waals surface area contributed by atoms with Gasteiger partial charge in [0.1, 0.15) is 11.3 Å². The van der Waals surface area contributed by atoms with Gasteiger partial charge in [0.2, 0.25) is 0 Å². The lowest BCUT2D eigenvalue weighted by Gasteiger charge is -2.06. The molecule has 1 N–H and O–H groups in total. The van der Waals surface area contributed by atoms with Crippen LogP contribution in [0.2, 0.25) is 5.02 Å². The second-order valence-electron chi connectivity index (χ2n) is 5.24. The fraction of sp³-hybridized carbons (Fsp3) is 0.222. The Morgan fingerprint density at radius 3 is 2.76 bits per heavy atom. The molecule has 0 aliphatic rings. The van der Waals surface area contributed by atoms with Crippen molar-refractivity contribution in [1.82, 2.24) is 5.32 Å². The Morgan fingerprint density at radius 1 is 1.10 bits per heavy atom. The molecule has 3 rings (SSSR count). The molecule has 2 aromatic carbocycles. The quantitative estimate of drug-likeness (QED) is 0.719. The SMILES string of the molecule is CCNCc1cc(-c2cc3cc(C)ccc3o2)ccc1Cl. The van der Waals surface area contributed by atoms with E-state index in [1.807, 2.05) is 18.2 Å². The van der Waals surface area contributed by atoms with E-state index in [0.717, 1.165) is 46.0 Å². The molecule has 0 spiro atoms. The first-order valence-corrected chi connectivity index (χ1v) is 7.55. The molecule has 0 bridgehead atoms. The van der Waals surface area contributed by atoms with Gasteiger partial charge in [0.25, 0.3) is 0 Å². The number of nitrogens with one attached hydrogen (secondary N) is 1. The van der Waals surface area contributed by atoms with Crippen LogP contribution in [0.3, 0.4) is 0 Å². The molecule has 3 aromatic rings. The van der Waals surface area contributed by atoms with Crippen LogP contribution in [0, 0.1) is 6.92 Å². The Balaban J connectivity index is 2.01. The summed E-state index contributed by atoms with van der Waals surface area (Å²) in [6, 6.07) is 14.3. The first-order valence-electron chi connectivity index (χ1n) is 7.17. The van der Waals surface area contributed by atoms with E-state index in [9.17, 15) is 0 Å². The van der Waals surface area contributed by atoms with Crippen molar-refractivity contribution in [1.29, 1.82) is 0 Å². The molecule has 0 fully saturated rings. The highest BCUT2D eigenvalue weighted by molar-refractivity contribution is 6.31. The van der Waals surface area contributed by atoms with Crippen LogP contribution in [0.15, 0.2) is 46.9 Å². The highest BCUT2D eigenvalue weighted by Crippen LogP contribution is 2.30. The minimum atomic E-state index is 0.766. The van der Waals surface area contributed by atoms with Crippen molar-refractivity contribution < 1.29 is 4.42 Å². The van der Waals surface area contributed by atoms with Crippen LogP contribution in [0.5, 0.6) is 0 Å². The number of halogens is 1. The minimum absolute atomic E-state index is 0.766. The lowest BCUT2D eigenvalue weighted by Crippen LogP contribution is -2.12. The summed E-state index contributed by atoms with van der Waals surface area (Å²) < 4.78 is 5.94. The van der Waals surface area contributed by atoms with Crippen LogP contribution in [0.25, 0.3) is 22.3 Å². The van der Waals surface area contributed by atoms with Crippen molar-refractivity contribution in [3.8, 4) is 11.3 Å². The molecule has 0 saturated carbocycles. The summed E-state index contributed by atoms with van der Waals surface area (Å²) in [7, 11) is 0. The third-order valence-electron chi connectivity index (χ3n) is 3.57. The number of benzene rings is 2. The first kappa shape index (κ1) is 14.2. The Labute approximate surface area is 129 Å². The summed E-state index contributed by atoms with van der Waals surface area (Å²) in [6.45, 7) is 5.86. The Kier molecular flexibility index (Phi) is 4.00. The number of furan rings is 1. The molecule has 0 atom stereocenters. The van der Waals surface area contributed by atoms with Crippen LogP contribution >= 0.6 is 11.6 Å². The molecule has 0 amide bonds. The number of hydrogen-bond acceptors (Lipinski definition) is 2. The van der Waals surface area contributed by atoms with Gasteiger partial charge in [-0.05, 0) is 55.4 Å². The summed E-state index contributed by atoms with van der Waals surface area (Å²) >= 11 is 6.25. The number of fused-ring (bicyclic) bond motifs is 1. The van der Waals surface area contributed by atoms with E-state index >= 15 is 0 Å². The normalized spacial score (nSPS) is 11.2. The van der Waals surface area contributed by atoms with E-state index in [0.29, 0.717) is 0 Å². The molecule has 0 unspecified atom stereocenters. The summed E-state index contributed by atoms with van der Waals surface area (Å²) in [6.07, 6.45) is 0. The van der Waals surface area contributed by atoms with E-state index in [2.05, 4.69) is 43.4 Å². The zero-order valence-corrected chi connectivity index (χ0v) is 13.0. The fourth-order valence-electron chi connectivity index (χ4n) is 2.43. The van der Waals surface area contributed by atoms with Crippen LogP contribution in [0.4, 0.5) is 0 Å². The highest BCUT2D eigenvalue weighted by atomic mass is 35.5. The van der Waals surface area contributed by atoms with Crippen LogP contribution in [-0.4, -0.2) is 6.54 Å². The Morgan fingerprint density at radius 2 is 1.95 bits per heavy atom. The van der Waals surface area contributed by atoms with Crippen molar-refractivity contribution in [2.24, 2.45) is 0 Å². The molecule has 3 heteroatoms. The van der Waals surface area contributed by atoms with Gasteiger partial charge in [0.05, 0.1) is 0 Å². The maximum atomic E-state index is 6.25. The van der Waals surface area contributed by atoms with E-state index in [4.69, 9.17) is 16.0 Å². The zero-order chi connectivity index (χ0) is 14.8. The number of rotatable bonds is 4. The van der Waals surface area contributed by atoms with Crippen molar-refractivity contribution >= 4 is 22.6 Å². The van der Waals surface area contributed by atoms with Crippen molar-refractivity contribution in [3.05, 3.63) is 58.6 Å². The van der Waals surface area contributed by atoms with Crippen LogP contribution < -0.4 is 5.32 Å². The standard InChI is InChI=1S/C18H18ClNO/c1-3-20-11-15-9-13(5-6-16(15)19)18-10-14-8-12(2)4-7-17(14)21-18/h4-10,20H,3,11H2,1-2H3. The summed E-state index contributed by atoms with van der Waals surface area (Å²) in [4.78, 5) is 0.